The molecule has 5 heteroatoms. The number of aromatic hydroxyl groups is 1. The summed E-state index contributed by atoms with van der Waals surface area (Å²) in [5, 5.41) is 11.8. The van der Waals surface area contributed by atoms with E-state index in [1.807, 2.05) is 0 Å². The van der Waals surface area contributed by atoms with Crippen molar-refractivity contribution in [1.29, 1.82) is 0 Å². The molecule has 1 amide bonds. The molecular weight excluding hydrogens is 234 g/mol. The highest BCUT2D eigenvalue weighted by atomic mass is 16.5. The fourth-order valence-electron chi connectivity index (χ4n) is 1.35. The zero-order chi connectivity index (χ0) is 13.4. The highest BCUT2D eigenvalue weighted by molar-refractivity contribution is 5.81. The van der Waals surface area contributed by atoms with Crippen molar-refractivity contribution in [3.63, 3.8) is 0 Å². The molecule has 0 atom stereocenters. The molecule has 0 heterocycles. The van der Waals surface area contributed by atoms with Crippen molar-refractivity contribution in [3.05, 3.63) is 29.8 Å². The van der Waals surface area contributed by atoms with Crippen LogP contribution >= 0.6 is 0 Å². The molecule has 1 aromatic carbocycles. The maximum Gasteiger partial charge on any atom is 0.306 e. The van der Waals surface area contributed by atoms with Gasteiger partial charge >= 0.3 is 5.97 Å². The molecule has 0 saturated heterocycles. The van der Waals surface area contributed by atoms with Gasteiger partial charge in [0.15, 0.2) is 0 Å². The Bertz CT molecular complexity index is 400. The van der Waals surface area contributed by atoms with E-state index in [1.54, 1.807) is 31.2 Å². The van der Waals surface area contributed by atoms with E-state index in [0.29, 0.717) is 13.2 Å². The fourth-order valence-corrected chi connectivity index (χ4v) is 1.35. The largest absolute Gasteiger partial charge is 0.508 e. The first-order chi connectivity index (χ1) is 8.61. The van der Waals surface area contributed by atoms with Gasteiger partial charge in [-0.1, -0.05) is 12.1 Å². The van der Waals surface area contributed by atoms with Crippen molar-refractivity contribution in [3.8, 4) is 5.75 Å². The smallest absolute Gasteiger partial charge is 0.306 e. The third-order valence-corrected chi connectivity index (χ3v) is 2.29. The van der Waals surface area contributed by atoms with E-state index in [2.05, 4.69) is 5.32 Å². The summed E-state index contributed by atoms with van der Waals surface area (Å²) >= 11 is 0. The number of benzene rings is 1. The summed E-state index contributed by atoms with van der Waals surface area (Å²) in [7, 11) is 0. The first kappa shape index (κ1) is 14.0. The first-order valence-corrected chi connectivity index (χ1v) is 5.82. The van der Waals surface area contributed by atoms with Crippen LogP contribution < -0.4 is 5.32 Å². The first-order valence-electron chi connectivity index (χ1n) is 5.82. The number of amides is 1. The molecule has 1 aromatic rings. The van der Waals surface area contributed by atoms with E-state index in [9.17, 15) is 9.59 Å². The molecule has 0 bridgehead atoms. The molecule has 5 nitrogen and oxygen atoms in total. The van der Waals surface area contributed by atoms with Crippen LogP contribution in [-0.4, -0.2) is 23.6 Å². The number of hydrogen-bond acceptors (Lipinski definition) is 4. The minimum atomic E-state index is -0.364. The van der Waals surface area contributed by atoms with Crippen molar-refractivity contribution in [1.82, 2.24) is 5.32 Å². The molecule has 0 aliphatic rings. The van der Waals surface area contributed by atoms with Crippen LogP contribution in [0.3, 0.4) is 0 Å². The molecule has 0 saturated carbocycles. The van der Waals surface area contributed by atoms with Crippen molar-refractivity contribution in [2.24, 2.45) is 0 Å². The fraction of sp³-hybridized carbons (Fsp3) is 0.385. The number of phenolic OH excluding ortho intramolecular Hbond substituents is 1. The second-order valence-electron chi connectivity index (χ2n) is 3.75. The zero-order valence-corrected chi connectivity index (χ0v) is 10.3. The number of rotatable bonds is 6. The summed E-state index contributed by atoms with van der Waals surface area (Å²) in [6, 6.07) is 6.56. The Labute approximate surface area is 106 Å². The number of nitrogens with one attached hydrogen (secondary N) is 1. The summed E-state index contributed by atoms with van der Waals surface area (Å²) in [4.78, 5) is 22.5. The summed E-state index contributed by atoms with van der Waals surface area (Å²) in [6.45, 7) is 2.43. The molecule has 0 aromatic heterocycles. The minimum absolute atomic E-state index is 0.0925. The second-order valence-corrected chi connectivity index (χ2v) is 3.75. The zero-order valence-electron chi connectivity index (χ0n) is 10.3. The van der Waals surface area contributed by atoms with Gasteiger partial charge in [0, 0.05) is 13.0 Å². The summed E-state index contributed by atoms with van der Waals surface area (Å²) in [6.07, 6.45) is 0.214. The van der Waals surface area contributed by atoms with Crippen molar-refractivity contribution in [2.75, 3.05) is 6.61 Å². The molecule has 1 rings (SSSR count). The van der Waals surface area contributed by atoms with Gasteiger partial charge in [0.2, 0.25) is 5.91 Å². The van der Waals surface area contributed by atoms with Crippen LogP contribution in [-0.2, 0) is 20.9 Å². The molecule has 0 radical (unpaired) electrons. The number of carbonyl (C=O) groups excluding carboxylic acids is 2. The standard InChI is InChI=1S/C13H17NO4/c1-2-18-13(17)8-7-12(16)14-9-10-3-5-11(15)6-4-10/h3-6,15H,2,7-9H2,1H3,(H,14,16). The van der Waals surface area contributed by atoms with Gasteiger partial charge in [-0.05, 0) is 24.6 Å². The van der Waals surface area contributed by atoms with E-state index in [1.165, 1.54) is 0 Å². The lowest BCUT2D eigenvalue weighted by atomic mass is 10.2. The van der Waals surface area contributed by atoms with Gasteiger partial charge in [-0.2, -0.15) is 0 Å². The number of carbonyl (C=O) groups is 2. The van der Waals surface area contributed by atoms with Crippen LogP contribution in [0.1, 0.15) is 25.3 Å². The molecule has 2 N–H and O–H groups in total. The lowest BCUT2D eigenvalue weighted by molar-refractivity contribution is -0.144. The van der Waals surface area contributed by atoms with Crippen LogP contribution in [0.4, 0.5) is 0 Å². The lowest BCUT2D eigenvalue weighted by Gasteiger charge is -2.05. The Morgan fingerprint density at radius 3 is 2.50 bits per heavy atom. The number of esters is 1. The Balaban J connectivity index is 2.24. The SMILES string of the molecule is CCOC(=O)CCC(=O)NCc1ccc(O)cc1. The number of phenols is 1. The van der Waals surface area contributed by atoms with Crippen LogP contribution in [0.5, 0.6) is 5.75 Å². The van der Waals surface area contributed by atoms with Gasteiger partial charge in [0.05, 0.1) is 13.0 Å². The summed E-state index contributed by atoms with van der Waals surface area (Å²) < 4.78 is 4.72. The van der Waals surface area contributed by atoms with Crippen molar-refractivity contribution < 1.29 is 19.4 Å². The average Bonchev–Trinajstić information content (AvgIpc) is 2.36. The molecule has 0 spiro atoms. The molecule has 0 unspecified atom stereocenters. The van der Waals surface area contributed by atoms with Gasteiger partial charge in [-0.25, -0.2) is 0 Å². The van der Waals surface area contributed by atoms with E-state index >= 15 is 0 Å². The Hall–Kier alpha value is -2.04. The molecular formula is C13H17NO4. The summed E-state index contributed by atoms with van der Waals surface area (Å²) in [5.74, 6) is -0.374. The Kier molecular flexibility index (Phi) is 5.70. The Morgan fingerprint density at radius 2 is 1.89 bits per heavy atom. The molecule has 18 heavy (non-hydrogen) atoms. The van der Waals surface area contributed by atoms with Gasteiger partial charge in [0.1, 0.15) is 5.75 Å². The van der Waals surface area contributed by atoms with Crippen LogP contribution in [0.15, 0.2) is 24.3 Å². The average molecular weight is 251 g/mol. The van der Waals surface area contributed by atoms with E-state index in [4.69, 9.17) is 9.84 Å². The topological polar surface area (TPSA) is 75.6 Å². The minimum Gasteiger partial charge on any atom is -0.508 e. The van der Waals surface area contributed by atoms with Crippen LogP contribution in [0, 0.1) is 0 Å². The third-order valence-electron chi connectivity index (χ3n) is 2.29. The van der Waals surface area contributed by atoms with E-state index < -0.39 is 0 Å². The predicted octanol–water partition coefficient (Wildman–Crippen LogP) is 1.35. The van der Waals surface area contributed by atoms with E-state index in [0.717, 1.165) is 5.56 Å². The van der Waals surface area contributed by atoms with Crippen LogP contribution in [0.25, 0.3) is 0 Å². The summed E-state index contributed by atoms with van der Waals surface area (Å²) in [5.41, 5.74) is 0.886. The van der Waals surface area contributed by atoms with E-state index in [-0.39, 0.29) is 30.5 Å². The third kappa shape index (κ3) is 5.34. The molecule has 0 aliphatic carbocycles. The maximum atomic E-state index is 11.4. The molecule has 98 valence electrons. The Morgan fingerprint density at radius 1 is 1.22 bits per heavy atom. The quantitative estimate of drug-likeness (QED) is 0.748. The highest BCUT2D eigenvalue weighted by Gasteiger charge is 2.07. The maximum absolute atomic E-state index is 11.4. The molecule has 0 aliphatic heterocycles. The van der Waals surface area contributed by atoms with Gasteiger partial charge in [0.25, 0.3) is 0 Å². The van der Waals surface area contributed by atoms with Crippen molar-refractivity contribution >= 4 is 11.9 Å². The second kappa shape index (κ2) is 7.32. The van der Waals surface area contributed by atoms with Gasteiger partial charge in [-0.15, -0.1) is 0 Å². The van der Waals surface area contributed by atoms with Gasteiger partial charge < -0.3 is 15.2 Å². The monoisotopic (exact) mass is 251 g/mol. The predicted molar refractivity (Wildman–Crippen MR) is 65.8 cm³/mol. The number of hydrogen-bond donors (Lipinski definition) is 2. The lowest BCUT2D eigenvalue weighted by Crippen LogP contribution is -2.23. The van der Waals surface area contributed by atoms with Crippen molar-refractivity contribution in [2.45, 2.75) is 26.3 Å². The highest BCUT2D eigenvalue weighted by Crippen LogP contribution is 2.09. The number of ether oxygens (including phenoxy) is 1. The molecule has 0 fully saturated rings. The van der Waals surface area contributed by atoms with Crippen LogP contribution in [0.2, 0.25) is 0 Å². The van der Waals surface area contributed by atoms with Gasteiger partial charge in [-0.3, -0.25) is 9.59 Å². The normalized spacial score (nSPS) is 9.83.